The lowest BCUT2D eigenvalue weighted by molar-refractivity contribution is -0.132. The van der Waals surface area contributed by atoms with Crippen LogP contribution in [0.4, 0.5) is 0 Å². The van der Waals surface area contributed by atoms with Crippen molar-refractivity contribution in [1.29, 1.82) is 0 Å². The van der Waals surface area contributed by atoms with Crippen molar-refractivity contribution in [2.24, 2.45) is 39.5 Å². The standard InChI is InChI=1S/C20H28N2O2/c1-18-8-5-14(22-21)11-13(18)3-4-15-16(18)6-9-19(2)17(15)7-10-20(19,24)12-23/h3-5,8,11,15-17,23-24H,6-7,9-10,12,21H2,1-2H3/b22-14+/t15-,16+,17+,18+,19+,20-/m1/s1. The van der Waals surface area contributed by atoms with Crippen molar-refractivity contribution < 1.29 is 10.2 Å². The van der Waals surface area contributed by atoms with Crippen LogP contribution in [0.5, 0.6) is 0 Å². The Morgan fingerprint density at radius 3 is 2.67 bits per heavy atom. The van der Waals surface area contributed by atoms with E-state index >= 15 is 0 Å². The summed E-state index contributed by atoms with van der Waals surface area (Å²) in [4.78, 5) is 0. The minimum Gasteiger partial charge on any atom is -0.393 e. The number of nitrogens with zero attached hydrogens (tertiary/aromatic N) is 1. The van der Waals surface area contributed by atoms with Crippen molar-refractivity contribution >= 4 is 5.71 Å². The van der Waals surface area contributed by atoms with Gasteiger partial charge in [0.2, 0.25) is 0 Å². The number of hydrazone groups is 1. The Morgan fingerprint density at radius 2 is 1.96 bits per heavy atom. The highest BCUT2D eigenvalue weighted by atomic mass is 16.3. The van der Waals surface area contributed by atoms with Crippen molar-refractivity contribution in [2.75, 3.05) is 6.61 Å². The maximum atomic E-state index is 11.0. The molecule has 6 atom stereocenters. The predicted molar refractivity (Wildman–Crippen MR) is 95.2 cm³/mol. The summed E-state index contributed by atoms with van der Waals surface area (Å²) >= 11 is 0. The average molecular weight is 328 g/mol. The van der Waals surface area contributed by atoms with E-state index in [4.69, 9.17) is 5.84 Å². The molecular formula is C20H28N2O2. The summed E-state index contributed by atoms with van der Waals surface area (Å²) in [6, 6.07) is 0. The van der Waals surface area contributed by atoms with Crippen LogP contribution in [0.15, 0.2) is 41.1 Å². The molecule has 0 aromatic heterocycles. The van der Waals surface area contributed by atoms with E-state index < -0.39 is 5.60 Å². The van der Waals surface area contributed by atoms with E-state index in [0.29, 0.717) is 24.2 Å². The molecule has 0 amide bonds. The van der Waals surface area contributed by atoms with Crippen LogP contribution in [-0.2, 0) is 0 Å². The molecule has 2 saturated carbocycles. The van der Waals surface area contributed by atoms with Crippen LogP contribution in [-0.4, -0.2) is 28.1 Å². The van der Waals surface area contributed by atoms with Gasteiger partial charge in [-0.15, -0.1) is 0 Å². The highest BCUT2D eigenvalue weighted by Crippen LogP contribution is 2.65. The number of aliphatic hydroxyl groups is 2. The first-order chi connectivity index (χ1) is 11.4. The lowest BCUT2D eigenvalue weighted by Crippen LogP contribution is -2.54. The Bertz CT molecular complexity index is 679. The lowest BCUT2D eigenvalue weighted by Gasteiger charge is -2.56. The van der Waals surface area contributed by atoms with E-state index in [9.17, 15) is 10.2 Å². The fourth-order valence-corrected chi connectivity index (χ4v) is 6.11. The van der Waals surface area contributed by atoms with E-state index in [1.54, 1.807) is 0 Å². The van der Waals surface area contributed by atoms with Crippen LogP contribution in [0.3, 0.4) is 0 Å². The second-order valence-corrected chi connectivity index (χ2v) is 8.60. The Balaban J connectivity index is 1.74. The van der Waals surface area contributed by atoms with E-state index in [-0.39, 0.29) is 17.4 Å². The molecular weight excluding hydrogens is 300 g/mol. The zero-order chi connectivity index (χ0) is 17.2. The van der Waals surface area contributed by atoms with Crippen molar-refractivity contribution in [1.82, 2.24) is 0 Å². The van der Waals surface area contributed by atoms with Gasteiger partial charge in [0, 0.05) is 10.8 Å². The molecule has 24 heavy (non-hydrogen) atoms. The maximum Gasteiger partial charge on any atom is 0.0933 e. The van der Waals surface area contributed by atoms with Crippen molar-refractivity contribution in [3.63, 3.8) is 0 Å². The first-order valence-corrected chi connectivity index (χ1v) is 9.09. The summed E-state index contributed by atoms with van der Waals surface area (Å²) in [5, 5.41) is 24.6. The van der Waals surface area contributed by atoms with Gasteiger partial charge in [0.15, 0.2) is 0 Å². The van der Waals surface area contributed by atoms with Crippen LogP contribution < -0.4 is 5.84 Å². The molecule has 4 aliphatic rings. The highest BCUT2D eigenvalue weighted by molar-refractivity contribution is 6.06. The number of hydrogen-bond acceptors (Lipinski definition) is 4. The van der Waals surface area contributed by atoms with Gasteiger partial charge in [-0.3, -0.25) is 0 Å². The number of rotatable bonds is 1. The SMILES string of the molecule is C[C@]12C=C/C(=N\N)C=C1C=C[C@@H]1[C@@H]2CC[C@@]2(C)[C@H]1CC[C@@]2(O)CO. The van der Waals surface area contributed by atoms with Crippen LogP contribution in [0.1, 0.15) is 39.5 Å². The van der Waals surface area contributed by atoms with Crippen LogP contribution in [0.25, 0.3) is 0 Å². The lowest BCUT2D eigenvalue weighted by atomic mass is 9.49. The van der Waals surface area contributed by atoms with E-state index in [0.717, 1.165) is 25.0 Å². The van der Waals surface area contributed by atoms with Crippen molar-refractivity contribution in [3.8, 4) is 0 Å². The zero-order valence-corrected chi connectivity index (χ0v) is 14.6. The molecule has 4 rings (SSSR count). The largest absolute Gasteiger partial charge is 0.393 e. The number of hydrogen-bond donors (Lipinski definition) is 3. The van der Waals surface area contributed by atoms with E-state index in [1.807, 2.05) is 6.08 Å². The molecule has 4 nitrogen and oxygen atoms in total. The zero-order valence-electron chi connectivity index (χ0n) is 14.6. The van der Waals surface area contributed by atoms with Crippen molar-refractivity contribution in [2.45, 2.75) is 45.1 Å². The van der Waals surface area contributed by atoms with Crippen LogP contribution in [0.2, 0.25) is 0 Å². The summed E-state index contributed by atoms with van der Waals surface area (Å²) in [7, 11) is 0. The summed E-state index contributed by atoms with van der Waals surface area (Å²) < 4.78 is 0. The second kappa shape index (κ2) is 5.06. The third-order valence-corrected chi connectivity index (χ3v) is 7.86. The maximum absolute atomic E-state index is 11.0. The number of allylic oxidation sites excluding steroid dienone is 6. The normalized spacial score (nSPS) is 51.1. The fraction of sp³-hybridized carbons (Fsp3) is 0.650. The fourth-order valence-electron chi connectivity index (χ4n) is 6.11. The summed E-state index contributed by atoms with van der Waals surface area (Å²) in [5.41, 5.74) is 1.01. The quantitative estimate of drug-likeness (QED) is 0.511. The minimum atomic E-state index is -0.921. The van der Waals surface area contributed by atoms with E-state index in [1.165, 1.54) is 5.57 Å². The Kier molecular flexibility index (Phi) is 3.39. The first-order valence-electron chi connectivity index (χ1n) is 9.09. The van der Waals surface area contributed by atoms with Gasteiger partial charge in [0.05, 0.1) is 17.9 Å². The second-order valence-electron chi connectivity index (χ2n) is 8.60. The molecule has 0 aromatic carbocycles. The molecule has 4 aliphatic carbocycles. The van der Waals surface area contributed by atoms with Gasteiger partial charge >= 0.3 is 0 Å². The molecule has 0 aromatic rings. The van der Waals surface area contributed by atoms with Gasteiger partial charge in [-0.2, -0.15) is 5.10 Å². The molecule has 2 fully saturated rings. The van der Waals surface area contributed by atoms with Crippen molar-refractivity contribution in [3.05, 3.63) is 36.0 Å². The monoisotopic (exact) mass is 328 g/mol. The average Bonchev–Trinajstić information content (AvgIpc) is 2.86. The number of fused-ring (bicyclic) bond motifs is 5. The molecule has 0 bridgehead atoms. The molecule has 130 valence electrons. The Morgan fingerprint density at radius 1 is 1.21 bits per heavy atom. The third kappa shape index (κ3) is 1.84. The Hall–Kier alpha value is -1.39. The summed E-state index contributed by atoms with van der Waals surface area (Å²) in [6.45, 7) is 4.38. The molecule has 4 heteroatoms. The van der Waals surface area contributed by atoms with Gasteiger partial charge in [0.1, 0.15) is 0 Å². The van der Waals surface area contributed by atoms with Crippen LogP contribution >= 0.6 is 0 Å². The number of aliphatic hydroxyl groups excluding tert-OH is 1. The predicted octanol–water partition coefficient (Wildman–Crippen LogP) is 2.54. The van der Waals surface area contributed by atoms with Gasteiger partial charge in [-0.05, 0) is 61.2 Å². The van der Waals surface area contributed by atoms with E-state index in [2.05, 4.69) is 43.3 Å². The van der Waals surface area contributed by atoms with Gasteiger partial charge < -0.3 is 16.1 Å². The minimum absolute atomic E-state index is 0.00879. The third-order valence-electron chi connectivity index (χ3n) is 7.86. The van der Waals surface area contributed by atoms with Crippen LogP contribution in [0, 0.1) is 28.6 Å². The van der Waals surface area contributed by atoms with Gasteiger partial charge in [-0.1, -0.05) is 32.1 Å². The molecule has 0 aliphatic heterocycles. The first kappa shape index (κ1) is 16.1. The smallest absolute Gasteiger partial charge is 0.0933 e. The molecule has 0 spiro atoms. The van der Waals surface area contributed by atoms with Gasteiger partial charge in [-0.25, -0.2) is 0 Å². The molecule has 0 heterocycles. The topological polar surface area (TPSA) is 78.8 Å². The Labute approximate surface area is 143 Å². The molecule has 0 unspecified atom stereocenters. The highest BCUT2D eigenvalue weighted by Gasteiger charge is 2.62. The summed E-state index contributed by atoms with van der Waals surface area (Å²) in [6.07, 6.45) is 14.7. The van der Waals surface area contributed by atoms with Gasteiger partial charge in [0.25, 0.3) is 0 Å². The molecule has 0 radical (unpaired) electrons. The summed E-state index contributed by atoms with van der Waals surface area (Å²) in [5.74, 6) is 6.86. The number of nitrogens with two attached hydrogens (primary N) is 1. The molecule has 4 N–H and O–H groups in total. The molecule has 0 saturated heterocycles.